The third-order valence-electron chi connectivity index (χ3n) is 2.41. The molecule has 13 heavy (non-hydrogen) atoms. The molecule has 1 aromatic rings. The van der Waals surface area contributed by atoms with Gasteiger partial charge < -0.3 is 14.6 Å². The number of aryl methyl sites for hydroxylation is 1. The summed E-state index contributed by atoms with van der Waals surface area (Å²) in [5.74, 6) is 0.865. The maximum absolute atomic E-state index is 5.56. The fourth-order valence-corrected chi connectivity index (χ4v) is 1.47. The van der Waals surface area contributed by atoms with Crippen LogP contribution in [0, 0.1) is 13.8 Å². The first-order valence-electron chi connectivity index (χ1n) is 4.54. The van der Waals surface area contributed by atoms with Gasteiger partial charge in [-0.2, -0.15) is 0 Å². The number of nitrogens with one attached hydrogen (secondary N) is 1. The van der Waals surface area contributed by atoms with Crippen molar-refractivity contribution in [1.29, 1.82) is 0 Å². The molecule has 4 heteroatoms. The molecule has 1 aromatic heterocycles. The molecular weight excluding hydrogens is 168 g/mol. The Morgan fingerprint density at radius 2 is 2.31 bits per heavy atom. The van der Waals surface area contributed by atoms with E-state index >= 15 is 0 Å². The molecule has 2 rings (SSSR count). The second-order valence-electron chi connectivity index (χ2n) is 3.32. The quantitative estimate of drug-likeness (QED) is 0.702. The first kappa shape index (κ1) is 8.72. The predicted molar refractivity (Wildman–Crippen MR) is 47.5 cm³/mol. The van der Waals surface area contributed by atoms with Crippen LogP contribution < -0.4 is 5.32 Å². The molecule has 1 aliphatic heterocycles. The highest BCUT2D eigenvalue weighted by molar-refractivity contribution is 5.22. The zero-order valence-electron chi connectivity index (χ0n) is 7.96. The molecule has 1 fully saturated rings. The van der Waals surface area contributed by atoms with Gasteiger partial charge in [-0.1, -0.05) is 5.16 Å². The number of morpholine rings is 1. The Hall–Kier alpha value is -0.870. The van der Waals surface area contributed by atoms with Gasteiger partial charge in [0.15, 0.2) is 5.76 Å². The van der Waals surface area contributed by atoms with E-state index in [1.165, 1.54) is 0 Å². The summed E-state index contributed by atoms with van der Waals surface area (Å²) in [6.07, 6.45) is 0.0370. The van der Waals surface area contributed by atoms with Gasteiger partial charge >= 0.3 is 0 Å². The van der Waals surface area contributed by atoms with Gasteiger partial charge in [0.25, 0.3) is 0 Å². The lowest BCUT2D eigenvalue weighted by molar-refractivity contribution is 0.0104. The molecule has 1 saturated heterocycles. The molecule has 0 saturated carbocycles. The van der Waals surface area contributed by atoms with Crippen LogP contribution in [-0.2, 0) is 4.74 Å². The standard InChI is InChI=1S/C9H14N2O2/c1-6-7(2)11-13-9(6)8-5-10-3-4-12-8/h8,10H,3-5H2,1-2H3. The van der Waals surface area contributed by atoms with Crippen LogP contribution in [0.5, 0.6) is 0 Å². The molecule has 4 nitrogen and oxygen atoms in total. The van der Waals surface area contributed by atoms with Gasteiger partial charge in [-0.05, 0) is 13.8 Å². The highest BCUT2D eigenvalue weighted by atomic mass is 16.5. The van der Waals surface area contributed by atoms with Crippen LogP contribution in [0.15, 0.2) is 4.52 Å². The fraction of sp³-hybridized carbons (Fsp3) is 0.667. The van der Waals surface area contributed by atoms with Gasteiger partial charge in [-0.25, -0.2) is 0 Å². The summed E-state index contributed by atoms with van der Waals surface area (Å²) < 4.78 is 10.8. The summed E-state index contributed by atoms with van der Waals surface area (Å²) >= 11 is 0. The van der Waals surface area contributed by atoms with Crippen molar-refractivity contribution < 1.29 is 9.26 Å². The third-order valence-corrected chi connectivity index (χ3v) is 2.41. The van der Waals surface area contributed by atoms with Gasteiger partial charge in [0.05, 0.1) is 12.3 Å². The monoisotopic (exact) mass is 182 g/mol. The van der Waals surface area contributed by atoms with E-state index in [1.807, 2.05) is 13.8 Å². The molecule has 2 heterocycles. The zero-order chi connectivity index (χ0) is 9.26. The van der Waals surface area contributed by atoms with Crippen LogP contribution in [-0.4, -0.2) is 24.9 Å². The summed E-state index contributed by atoms with van der Waals surface area (Å²) in [5, 5.41) is 7.17. The molecule has 1 atom stereocenters. The third kappa shape index (κ3) is 1.59. The highest BCUT2D eigenvalue weighted by Crippen LogP contribution is 2.23. The van der Waals surface area contributed by atoms with E-state index in [4.69, 9.17) is 9.26 Å². The number of rotatable bonds is 1. The molecule has 1 aliphatic rings. The SMILES string of the molecule is Cc1noc(C2CNCCO2)c1C. The topological polar surface area (TPSA) is 47.3 Å². The van der Waals surface area contributed by atoms with Crippen molar-refractivity contribution in [2.24, 2.45) is 0 Å². The largest absolute Gasteiger partial charge is 0.367 e. The minimum Gasteiger partial charge on any atom is -0.367 e. The van der Waals surface area contributed by atoms with Gasteiger partial charge in [0, 0.05) is 18.7 Å². The van der Waals surface area contributed by atoms with E-state index in [2.05, 4.69) is 10.5 Å². The second kappa shape index (κ2) is 3.47. The lowest BCUT2D eigenvalue weighted by atomic mass is 10.1. The second-order valence-corrected chi connectivity index (χ2v) is 3.32. The number of aromatic nitrogens is 1. The predicted octanol–water partition coefficient (Wildman–Crippen LogP) is 0.952. The Bertz CT molecular complexity index is 290. The van der Waals surface area contributed by atoms with E-state index in [9.17, 15) is 0 Å². The highest BCUT2D eigenvalue weighted by Gasteiger charge is 2.22. The fourth-order valence-electron chi connectivity index (χ4n) is 1.47. The Labute approximate surface area is 77.2 Å². The van der Waals surface area contributed by atoms with E-state index in [-0.39, 0.29) is 6.10 Å². The summed E-state index contributed by atoms with van der Waals surface area (Å²) in [6.45, 7) is 6.43. The van der Waals surface area contributed by atoms with Crippen LogP contribution in [0.1, 0.15) is 23.1 Å². The first-order valence-corrected chi connectivity index (χ1v) is 4.54. The lowest BCUT2D eigenvalue weighted by Crippen LogP contribution is -2.33. The van der Waals surface area contributed by atoms with Crippen LogP contribution in [0.3, 0.4) is 0 Å². The van der Waals surface area contributed by atoms with Gasteiger partial charge in [-0.15, -0.1) is 0 Å². The first-order chi connectivity index (χ1) is 6.29. The summed E-state index contributed by atoms with van der Waals surface area (Å²) in [6, 6.07) is 0. The Balaban J connectivity index is 2.18. The van der Waals surface area contributed by atoms with E-state index in [1.54, 1.807) is 0 Å². The van der Waals surface area contributed by atoms with Crippen molar-refractivity contribution in [3.63, 3.8) is 0 Å². The zero-order valence-corrected chi connectivity index (χ0v) is 7.96. The number of hydrogen-bond donors (Lipinski definition) is 1. The minimum absolute atomic E-state index is 0.0370. The summed E-state index contributed by atoms with van der Waals surface area (Å²) in [5.41, 5.74) is 2.05. The number of ether oxygens (including phenoxy) is 1. The van der Waals surface area contributed by atoms with Crippen molar-refractivity contribution in [3.8, 4) is 0 Å². The van der Waals surface area contributed by atoms with Crippen molar-refractivity contribution in [2.45, 2.75) is 20.0 Å². The molecule has 72 valence electrons. The molecule has 0 aromatic carbocycles. The molecule has 0 radical (unpaired) electrons. The van der Waals surface area contributed by atoms with Crippen LogP contribution in [0.2, 0.25) is 0 Å². The van der Waals surface area contributed by atoms with Gasteiger partial charge in [-0.3, -0.25) is 0 Å². The molecule has 1 N–H and O–H groups in total. The van der Waals surface area contributed by atoms with Crippen molar-refractivity contribution >= 4 is 0 Å². The molecule has 1 unspecified atom stereocenters. The summed E-state index contributed by atoms with van der Waals surface area (Å²) in [7, 11) is 0. The Morgan fingerprint density at radius 1 is 1.46 bits per heavy atom. The summed E-state index contributed by atoms with van der Waals surface area (Å²) in [4.78, 5) is 0. The molecule has 0 spiro atoms. The Kier molecular flexibility index (Phi) is 2.33. The van der Waals surface area contributed by atoms with E-state index in [0.29, 0.717) is 0 Å². The van der Waals surface area contributed by atoms with Crippen LogP contribution in [0.4, 0.5) is 0 Å². The molecule has 0 amide bonds. The van der Waals surface area contributed by atoms with Crippen LogP contribution in [0.25, 0.3) is 0 Å². The van der Waals surface area contributed by atoms with E-state index < -0.39 is 0 Å². The minimum atomic E-state index is 0.0370. The van der Waals surface area contributed by atoms with Crippen LogP contribution >= 0.6 is 0 Å². The number of hydrogen-bond acceptors (Lipinski definition) is 4. The lowest BCUT2D eigenvalue weighted by Gasteiger charge is -2.21. The van der Waals surface area contributed by atoms with Crippen molar-refractivity contribution in [1.82, 2.24) is 10.5 Å². The Morgan fingerprint density at radius 3 is 2.85 bits per heavy atom. The van der Waals surface area contributed by atoms with E-state index in [0.717, 1.165) is 36.7 Å². The molecule has 0 aliphatic carbocycles. The molecular formula is C9H14N2O2. The maximum Gasteiger partial charge on any atom is 0.169 e. The molecule has 0 bridgehead atoms. The van der Waals surface area contributed by atoms with Crippen molar-refractivity contribution in [3.05, 3.63) is 17.0 Å². The van der Waals surface area contributed by atoms with Gasteiger partial charge in [0.2, 0.25) is 0 Å². The average Bonchev–Trinajstić information content (AvgIpc) is 2.49. The van der Waals surface area contributed by atoms with Gasteiger partial charge in [0.1, 0.15) is 6.10 Å². The van der Waals surface area contributed by atoms with Crippen molar-refractivity contribution in [2.75, 3.05) is 19.7 Å². The average molecular weight is 182 g/mol. The number of nitrogens with zero attached hydrogens (tertiary/aromatic N) is 1. The smallest absolute Gasteiger partial charge is 0.169 e. The maximum atomic E-state index is 5.56. The normalized spacial score (nSPS) is 23.4.